The van der Waals surface area contributed by atoms with Gasteiger partial charge in [0.25, 0.3) is 5.91 Å². The van der Waals surface area contributed by atoms with Gasteiger partial charge in [-0.3, -0.25) is 9.89 Å². The second-order valence-electron chi connectivity index (χ2n) is 6.72. The van der Waals surface area contributed by atoms with Crippen LogP contribution in [0.3, 0.4) is 0 Å². The molecule has 3 N–H and O–H groups in total. The molecule has 0 atom stereocenters. The number of H-pyrrole nitrogens is 1. The molecule has 0 fully saturated rings. The molecule has 5 rings (SSSR count). The van der Waals surface area contributed by atoms with Crippen LogP contribution in [0.1, 0.15) is 20.9 Å². The Kier molecular flexibility index (Phi) is 4.56. The number of carbonyl (C=O) groups excluding carboxylic acids is 1. The zero-order chi connectivity index (χ0) is 20.5. The molecule has 1 aromatic carbocycles. The summed E-state index contributed by atoms with van der Waals surface area (Å²) < 4.78 is 1.09. The fourth-order valence-electron chi connectivity index (χ4n) is 3.29. The van der Waals surface area contributed by atoms with Crippen LogP contribution in [0, 0.1) is 6.92 Å². The third-order valence-corrected chi connectivity index (χ3v) is 5.65. The Morgan fingerprint density at radius 3 is 3.03 bits per heavy atom. The van der Waals surface area contributed by atoms with Gasteiger partial charge in [0.05, 0.1) is 27.0 Å². The Balaban J connectivity index is 1.36. The lowest BCUT2D eigenvalue weighted by molar-refractivity contribution is 0.102. The van der Waals surface area contributed by atoms with Crippen LogP contribution >= 0.6 is 11.3 Å². The minimum atomic E-state index is -0.236. The molecule has 30 heavy (non-hydrogen) atoms. The summed E-state index contributed by atoms with van der Waals surface area (Å²) in [6, 6.07) is 11.1. The van der Waals surface area contributed by atoms with E-state index in [1.165, 1.54) is 0 Å². The quantitative estimate of drug-likeness (QED) is 0.398. The molecule has 0 saturated heterocycles. The molecule has 0 saturated carbocycles. The van der Waals surface area contributed by atoms with Gasteiger partial charge in [-0.05, 0) is 48.9 Å². The number of aryl methyl sites for hydroxylation is 1. The van der Waals surface area contributed by atoms with E-state index in [0.717, 1.165) is 31.8 Å². The summed E-state index contributed by atoms with van der Waals surface area (Å²) in [6.45, 7) is 2.45. The average Bonchev–Trinajstić information content (AvgIpc) is 3.38. The monoisotopic (exact) mass is 415 g/mol. The van der Waals surface area contributed by atoms with Crippen LogP contribution in [0.4, 0.5) is 11.5 Å². The van der Waals surface area contributed by atoms with Crippen LogP contribution < -0.4 is 10.6 Å². The number of aromatic amines is 1. The van der Waals surface area contributed by atoms with Gasteiger partial charge in [-0.2, -0.15) is 5.10 Å². The molecule has 9 heteroatoms. The molecule has 4 heterocycles. The third-order valence-electron chi connectivity index (χ3n) is 4.70. The minimum absolute atomic E-state index is 0.236. The normalized spacial score (nSPS) is 11.1. The molecule has 0 spiro atoms. The zero-order valence-corrected chi connectivity index (χ0v) is 16.8. The molecule has 5 aromatic rings. The number of hydrogen-bond donors (Lipinski definition) is 3. The van der Waals surface area contributed by atoms with Gasteiger partial charge >= 0.3 is 0 Å². The van der Waals surface area contributed by atoms with Crippen LogP contribution in [0.5, 0.6) is 0 Å². The Bertz CT molecular complexity index is 1370. The average molecular weight is 415 g/mol. The van der Waals surface area contributed by atoms with Gasteiger partial charge < -0.3 is 10.6 Å². The fraction of sp³-hybridized carbons (Fsp3) is 0.0952. The molecular formula is C21H17N7OS. The topological polar surface area (TPSA) is 108 Å². The summed E-state index contributed by atoms with van der Waals surface area (Å²) >= 11 is 1.63. The van der Waals surface area contributed by atoms with Crippen molar-refractivity contribution < 1.29 is 4.79 Å². The van der Waals surface area contributed by atoms with E-state index in [2.05, 4.69) is 35.8 Å². The van der Waals surface area contributed by atoms with Gasteiger partial charge in [0.1, 0.15) is 5.82 Å². The Morgan fingerprint density at radius 1 is 1.17 bits per heavy atom. The lowest BCUT2D eigenvalue weighted by Gasteiger charge is -2.11. The van der Waals surface area contributed by atoms with Crippen LogP contribution in [0.15, 0.2) is 55.0 Å². The fourth-order valence-corrected chi connectivity index (χ4v) is 4.09. The smallest absolute Gasteiger partial charge is 0.259 e. The van der Waals surface area contributed by atoms with Crippen molar-refractivity contribution in [3.63, 3.8) is 0 Å². The van der Waals surface area contributed by atoms with Crippen molar-refractivity contribution in [1.29, 1.82) is 0 Å². The number of amides is 1. The molecule has 0 bridgehead atoms. The number of rotatable bonds is 5. The molecule has 148 valence electrons. The van der Waals surface area contributed by atoms with Gasteiger partial charge in [0.15, 0.2) is 5.65 Å². The Hall–Kier alpha value is -3.85. The van der Waals surface area contributed by atoms with Gasteiger partial charge in [-0.15, -0.1) is 11.3 Å². The lowest BCUT2D eigenvalue weighted by Crippen LogP contribution is -2.15. The van der Waals surface area contributed by atoms with Crippen LogP contribution in [-0.2, 0) is 6.54 Å². The number of benzene rings is 1. The molecule has 0 unspecified atom stereocenters. The summed E-state index contributed by atoms with van der Waals surface area (Å²) in [5.41, 5.74) is 3.77. The number of aromatic nitrogens is 5. The molecule has 0 aliphatic heterocycles. The molecular weight excluding hydrogens is 398 g/mol. The van der Waals surface area contributed by atoms with E-state index in [9.17, 15) is 4.79 Å². The number of fused-ring (bicyclic) bond motifs is 2. The van der Waals surface area contributed by atoms with E-state index in [0.29, 0.717) is 23.6 Å². The maximum absolute atomic E-state index is 12.9. The number of thiazole rings is 1. The van der Waals surface area contributed by atoms with Gasteiger partial charge in [0, 0.05) is 30.0 Å². The van der Waals surface area contributed by atoms with Crippen LogP contribution in [0.2, 0.25) is 0 Å². The number of pyridine rings is 2. The second-order valence-corrected chi connectivity index (χ2v) is 7.96. The van der Waals surface area contributed by atoms with Crippen molar-refractivity contribution >= 4 is 50.0 Å². The van der Waals surface area contributed by atoms with Crippen molar-refractivity contribution in [2.24, 2.45) is 0 Å². The van der Waals surface area contributed by atoms with Crippen molar-refractivity contribution in [2.75, 3.05) is 10.6 Å². The highest BCUT2D eigenvalue weighted by Crippen LogP contribution is 2.25. The van der Waals surface area contributed by atoms with E-state index < -0.39 is 0 Å². The summed E-state index contributed by atoms with van der Waals surface area (Å²) in [7, 11) is 0. The number of anilines is 2. The lowest BCUT2D eigenvalue weighted by atomic mass is 10.2. The first-order valence-electron chi connectivity index (χ1n) is 9.32. The molecule has 1 amide bonds. The molecule has 0 aliphatic carbocycles. The first-order chi connectivity index (χ1) is 14.7. The first-order valence-corrected chi connectivity index (χ1v) is 10.1. The van der Waals surface area contributed by atoms with E-state index in [1.54, 1.807) is 42.1 Å². The summed E-state index contributed by atoms with van der Waals surface area (Å²) in [5, 5.41) is 15.0. The molecule has 4 aromatic heterocycles. The first kappa shape index (κ1) is 18.2. The Morgan fingerprint density at radius 2 is 2.10 bits per heavy atom. The van der Waals surface area contributed by atoms with Gasteiger partial charge in [0.2, 0.25) is 0 Å². The highest BCUT2D eigenvalue weighted by molar-refractivity contribution is 7.18. The number of carbonyl (C=O) groups is 1. The van der Waals surface area contributed by atoms with Crippen molar-refractivity contribution in [1.82, 2.24) is 25.1 Å². The summed E-state index contributed by atoms with van der Waals surface area (Å²) in [4.78, 5) is 26.0. The number of nitrogens with one attached hydrogen (secondary N) is 3. The van der Waals surface area contributed by atoms with Crippen molar-refractivity contribution in [3.05, 3.63) is 71.1 Å². The number of hydrogen-bond acceptors (Lipinski definition) is 7. The Labute approximate surface area is 175 Å². The molecule has 0 radical (unpaired) electrons. The zero-order valence-electron chi connectivity index (χ0n) is 16.0. The second kappa shape index (κ2) is 7.53. The minimum Gasteiger partial charge on any atom is -0.365 e. The van der Waals surface area contributed by atoms with E-state index in [1.807, 2.05) is 31.2 Å². The molecule has 0 aliphatic rings. The summed E-state index contributed by atoms with van der Waals surface area (Å²) in [6.07, 6.45) is 5.12. The van der Waals surface area contributed by atoms with E-state index in [4.69, 9.17) is 0 Å². The van der Waals surface area contributed by atoms with Crippen molar-refractivity contribution in [2.45, 2.75) is 13.5 Å². The maximum Gasteiger partial charge on any atom is 0.259 e. The largest absolute Gasteiger partial charge is 0.365 e. The molecule has 8 nitrogen and oxygen atoms in total. The van der Waals surface area contributed by atoms with Gasteiger partial charge in [-0.1, -0.05) is 0 Å². The van der Waals surface area contributed by atoms with Crippen LogP contribution in [0.25, 0.3) is 21.3 Å². The maximum atomic E-state index is 12.9. The third kappa shape index (κ3) is 3.46. The highest BCUT2D eigenvalue weighted by atomic mass is 32.1. The predicted molar refractivity (Wildman–Crippen MR) is 118 cm³/mol. The number of nitrogens with zero attached hydrogens (tertiary/aromatic N) is 4. The predicted octanol–water partition coefficient (Wildman–Crippen LogP) is 4.14. The van der Waals surface area contributed by atoms with Crippen LogP contribution in [-0.4, -0.2) is 31.1 Å². The SMILES string of the molecule is Cc1nc2cc(NC(=O)c3cccnc3NCc3ccnc4[nH]ncc34)ccc2s1. The van der Waals surface area contributed by atoms with E-state index in [-0.39, 0.29) is 5.91 Å². The van der Waals surface area contributed by atoms with E-state index >= 15 is 0 Å². The van der Waals surface area contributed by atoms with Crippen molar-refractivity contribution in [3.8, 4) is 0 Å². The summed E-state index contributed by atoms with van der Waals surface area (Å²) in [5.74, 6) is 0.272. The van der Waals surface area contributed by atoms with Gasteiger partial charge in [-0.25, -0.2) is 15.0 Å². The standard InChI is InChI=1S/C21H17N7OS/c1-12-26-17-9-14(4-5-18(17)30-12)27-21(29)15-3-2-7-22-19(15)24-10-13-6-8-23-20-16(13)11-25-28-20/h2-9,11H,10H2,1H3,(H,22,24)(H,27,29)(H,23,25,28). The highest BCUT2D eigenvalue weighted by Gasteiger charge is 2.14.